The number of ether oxygens (including phenoxy) is 1. The van der Waals surface area contributed by atoms with Gasteiger partial charge in [0.15, 0.2) is 0 Å². The molecule has 0 aliphatic carbocycles. The third-order valence-electron chi connectivity index (χ3n) is 1.77. The fourth-order valence-electron chi connectivity index (χ4n) is 1.19. The summed E-state index contributed by atoms with van der Waals surface area (Å²) in [4.78, 5) is 0. The molecule has 0 aromatic carbocycles. The van der Waals surface area contributed by atoms with E-state index in [1.165, 1.54) is 23.7 Å². The van der Waals surface area contributed by atoms with Gasteiger partial charge >= 0.3 is 0 Å². The predicted molar refractivity (Wildman–Crippen MR) is 47.0 cm³/mol. The van der Waals surface area contributed by atoms with Gasteiger partial charge in [-0.15, -0.1) is 0 Å². The average molecular weight is 240 g/mol. The lowest BCUT2D eigenvalue weighted by Crippen LogP contribution is -2.17. The van der Waals surface area contributed by atoms with Crippen LogP contribution in [-0.4, -0.2) is 17.6 Å². The summed E-state index contributed by atoms with van der Waals surface area (Å²) < 4.78 is 6.61. The lowest BCUT2D eigenvalue weighted by Gasteiger charge is -2.20. The SMILES string of the molecule is ICCC1CCCOC1. The molecule has 1 unspecified atom stereocenters. The smallest absolute Gasteiger partial charge is 0.0494 e. The molecule has 0 amide bonds. The van der Waals surface area contributed by atoms with Crippen LogP contribution in [0, 0.1) is 5.92 Å². The second-order valence-corrected chi connectivity index (χ2v) is 3.64. The van der Waals surface area contributed by atoms with Crippen molar-refractivity contribution in [3.05, 3.63) is 0 Å². The minimum Gasteiger partial charge on any atom is -0.381 e. The van der Waals surface area contributed by atoms with E-state index >= 15 is 0 Å². The fraction of sp³-hybridized carbons (Fsp3) is 1.00. The second-order valence-electron chi connectivity index (χ2n) is 2.56. The van der Waals surface area contributed by atoms with E-state index in [9.17, 15) is 0 Å². The van der Waals surface area contributed by atoms with Crippen LogP contribution in [0.4, 0.5) is 0 Å². The number of halogens is 1. The lowest BCUT2D eigenvalue weighted by atomic mass is 10.00. The molecule has 0 N–H and O–H groups in total. The maximum absolute atomic E-state index is 5.33. The van der Waals surface area contributed by atoms with Gasteiger partial charge in [0.2, 0.25) is 0 Å². The number of rotatable bonds is 2. The van der Waals surface area contributed by atoms with E-state index in [4.69, 9.17) is 4.74 Å². The van der Waals surface area contributed by atoms with Gasteiger partial charge in [-0.3, -0.25) is 0 Å². The van der Waals surface area contributed by atoms with Crippen LogP contribution in [0.25, 0.3) is 0 Å². The normalized spacial score (nSPS) is 28.3. The Hall–Kier alpha value is 0.690. The third-order valence-corrected chi connectivity index (χ3v) is 2.39. The number of alkyl halides is 1. The van der Waals surface area contributed by atoms with Crippen LogP contribution in [0.2, 0.25) is 0 Å². The Bertz CT molecular complexity index is 66.6. The van der Waals surface area contributed by atoms with Gasteiger partial charge in [0.1, 0.15) is 0 Å². The van der Waals surface area contributed by atoms with Crippen LogP contribution in [0.15, 0.2) is 0 Å². The molecule has 1 aliphatic heterocycles. The van der Waals surface area contributed by atoms with Gasteiger partial charge in [-0.25, -0.2) is 0 Å². The lowest BCUT2D eigenvalue weighted by molar-refractivity contribution is 0.0542. The molecular weight excluding hydrogens is 227 g/mol. The predicted octanol–water partition coefficient (Wildman–Crippen LogP) is 2.24. The summed E-state index contributed by atoms with van der Waals surface area (Å²) in [6.45, 7) is 2.01. The van der Waals surface area contributed by atoms with Crippen molar-refractivity contribution < 1.29 is 4.74 Å². The Labute approximate surface area is 70.3 Å². The highest BCUT2D eigenvalue weighted by Crippen LogP contribution is 2.17. The zero-order valence-corrected chi connectivity index (χ0v) is 7.76. The minimum absolute atomic E-state index is 0.871. The van der Waals surface area contributed by atoms with E-state index in [1.807, 2.05) is 0 Å². The van der Waals surface area contributed by atoms with Crippen LogP contribution in [0.1, 0.15) is 19.3 Å². The molecule has 1 nitrogen and oxygen atoms in total. The Morgan fingerprint density at radius 1 is 1.56 bits per heavy atom. The Morgan fingerprint density at radius 2 is 2.44 bits per heavy atom. The van der Waals surface area contributed by atoms with Gasteiger partial charge in [0.25, 0.3) is 0 Å². The van der Waals surface area contributed by atoms with E-state index in [0.717, 1.165) is 19.1 Å². The van der Waals surface area contributed by atoms with Crippen molar-refractivity contribution in [3.8, 4) is 0 Å². The van der Waals surface area contributed by atoms with Crippen molar-refractivity contribution in [2.75, 3.05) is 17.6 Å². The Kier molecular flexibility index (Phi) is 3.89. The van der Waals surface area contributed by atoms with Crippen LogP contribution < -0.4 is 0 Å². The summed E-state index contributed by atoms with van der Waals surface area (Å²) in [5.74, 6) is 0.871. The molecular formula is C7H13IO. The molecule has 0 saturated carbocycles. The maximum atomic E-state index is 5.33. The average Bonchev–Trinajstić information content (AvgIpc) is 1.91. The summed E-state index contributed by atoms with van der Waals surface area (Å²) in [7, 11) is 0. The monoisotopic (exact) mass is 240 g/mol. The molecule has 1 atom stereocenters. The van der Waals surface area contributed by atoms with E-state index in [0.29, 0.717) is 0 Å². The van der Waals surface area contributed by atoms with Crippen molar-refractivity contribution in [1.82, 2.24) is 0 Å². The first kappa shape index (κ1) is 7.79. The van der Waals surface area contributed by atoms with Gasteiger partial charge in [-0.2, -0.15) is 0 Å². The van der Waals surface area contributed by atoms with E-state index in [2.05, 4.69) is 22.6 Å². The van der Waals surface area contributed by atoms with E-state index < -0.39 is 0 Å². The molecule has 0 aromatic heterocycles. The van der Waals surface area contributed by atoms with Crippen molar-refractivity contribution in [3.63, 3.8) is 0 Å². The molecule has 0 radical (unpaired) electrons. The molecule has 54 valence electrons. The molecule has 2 heteroatoms. The van der Waals surface area contributed by atoms with Crippen molar-refractivity contribution >= 4 is 22.6 Å². The fourth-order valence-corrected chi connectivity index (χ4v) is 2.07. The van der Waals surface area contributed by atoms with Gasteiger partial charge in [0, 0.05) is 13.2 Å². The maximum Gasteiger partial charge on any atom is 0.0494 e. The molecule has 1 saturated heterocycles. The molecule has 9 heavy (non-hydrogen) atoms. The van der Waals surface area contributed by atoms with Crippen LogP contribution in [0.5, 0.6) is 0 Å². The summed E-state index contributed by atoms with van der Waals surface area (Å²) >= 11 is 2.43. The van der Waals surface area contributed by atoms with Crippen LogP contribution in [-0.2, 0) is 4.74 Å². The quantitative estimate of drug-likeness (QED) is 0.531. The summed E-state index contributed by atoms with van der Waals surface area (Å²) in [5.41, 5.74) is 0. The topological polar surface area (TPSA) is 9.23 Å². The Balaban J connectivity index is 2.08. The van der Waals surface area contributed by atoms with Gasteiger partial charge in [0.05, 0.1) is 0 Å². The Morgan fingerprint density at radius 3 is 3.00 bits per heavy atom. The third kappa shape index (κ3) is 2.85. The molecule has 1 fully saturated rings. The molecule has 0 spiro atoms. The van der Waals surface area contributed by atoms with E-state index in [-0.39, 0.29) is 0 Å². The largest absolute Gasteiger partial charge is 0.381 e. The van der Waals surface area contributed by atoms with Crippen molar-refractivity contribution in [2.45, 2.75) is 19.3 Å². The highest BCUT2D eigenvalue weighted by Gasteiger charge is 2.11. The van der Waals surface area contributed by atoms with Crippen LogP contribution >= 0.6 is 22.6 Å². The van der Waals surface area contributed by atoms with Crippen molar-refractivity contribution in [1.29, 1.82) is 0 Å². The van der Waals surface area contributed by atoms with Crippen molar-refractivity contribution in [2.24, 2.45) is 5.92 Å². The summed E-state index contributed by atoms with van der Waals surface area (Å²) in [6, 6.07) is 0. The summed E-state index contributed by atoms with van der Waals surface area (Å²) in [6.07, 6.45) is 4.02. The number of hydrogen-bond acceptors (Lipinski definition) is 1. The highest BCUT2D eigenvalue weighted by atomic mass is 127. The minimum atomic E-state index is 0.871. The van der Waals surface area contributed by atoms with Gasteiger partial charge in [-0.05, 0) is 29.6 Å². The first-order valence-electron chi connectivity index (χ1n) is 3.57. The first-order valence-corrected chi connectivity index (χ1v) is 5.09. The molecule has 1 heterocycles. The zero-order valence-electron chi connectivity index (χ0n) is 5.61. The number of hydrogen-bond donors (Lipinski definition) is 0. The standard InChI is InChI=1S/C7H13IO/c8-4-3-7-2-1-5-9-6-7/h7H,1-6H2. The van der Waals surface area contributed by atoms with Crippen LogP contribution in [0.3, 0.4) is 0 Å². The van der Waals surface area contributed by atoms with Gasteiger partial charge in [-0.1, -0.05) is 22.6 Å². The molecule has 0 bridgehead atoms. The first-order chi connectivity index (χ1) is 4.43. The molecule has 1 aliphatic rings. The molecule has 1 rings (SSSR count). The summed E-state index contributed by atoms with van der Waals surface area (Å²) in [5, 5.41) is 0. The van der Waals surface area contributed by atoms with E-state index in [1.54, 1.807) is 0 Å². The molecule has 0 aromatic rings. The second kappa shape index (κ2) is 4.50. The highest BCUT2D eigenvalue weighted by molar-refractivity contribution is 14.1. The zero-order chi connectivity index (χ0) is 6.53. The van der Waals surface area contributed by atoms with Gasteiger partial charge < -0.3 is 4.74 Å².